The molecule has 0 aliphatic heterocycles. The topological polar surface area (TPSA) is 67.2 Å². The Labute approximate surface area is 199 Å². The summed E-state index contributed by atoms with van der Waals surface area (Å²) in [5.74, 6) is -6.95. The van der Waals surface area contributed by atoms with Crippen molar-refractivity contribution in [2.24, 2.45) is 0 Å². The van der Waals surface area contributed by atoms with E-state index in [4.69, 9.17) is 0 Å². The first-order valence-corrected chi connectivity index (χ1v) is 10.9. The lowest BCUT2D eigenvalue weighted by Gasteiger charge is -2.29. The molecule has 2 atom stereocenters. The number of carbonyl (C=O) groups excluding carboxylic acids is 1. The maximum absolute atomic E-state index is 14.2. The highest BCUT2D eigenvalue weighted by atomic mass is 19.3. The number of alkyl halides is 2. The van der Waals surface area contributed by atoms with Crippen LogP contribution in [-0.2, 0) is 4.79 Å². The lowest BCUT2D eigenvalue weighted by atomic mass is 9.82. The largest absolute Gasteiger partial charge is 0.394 e. The zero-order valence-electron chi connectivity index (χ0n) is 19.0. The number of nitrogens with one attached hydrogen (secondary N) is 1. The SMILES string of the molecule is Cc1ccc(F)cc1[C@@H](c1ccc2c(cnn2-c2ccc(F)cc2)c1)[C@@H](CO)NC(=O)C(C)(F)F. The van der Waals surface area contributed by atoms with E-state index in [1.165, 1.54) is 24.3 Å². The number of aryl methyl sites for hydroxylation is 1. The van der Waals surface area contributed by atoms with Gasteiger partial charge in [-0.15, -0.1) is 0 Å². The Morgan fingerprint density at radius 3 is 2.40 bits per heavy atom. The normalized spacial score (nSPS) is 13.6. The number of aliphatic hydroxyl groups excluding tert-OH is 1. The molecule has 0 bridgehead atoms. The Bertz CT molecular complexity index is 1360. The number of nitrogens with zero attached hydrogens (tertiary/aromatic N) is 2. The predicted octanol–water partition coefficient (Wildman–Crippen LogP) is 4.88. The van der Waals surface area contributed by atoms with Crippen molar-refractivity contribution in [2.45, 2.75) is 31.7 Å². The first-order chi connectivity index (χ1) is 16.6. The molecular weight excluding hydrogens is 462 g/mol. The highest BCUT2D eigenvalue weighted by Crippen LogP contribution is 2.34. The first-order valence-electron chi connectivity index (χ1n) is 10.9. The van der Waals surface area contributed by atoms with E-state index >= 15 is 0 Å². The van der Waals surface area contributed by atoms with Gasteiger partial charge >= 0.3 is 5.92 Å². The number of hydrogen-bond acceptors (Lipinski definition) is 3. The number of carbonyl (C=O) groups is 1. The van der Waals surface area contributed by atoms with Gasteiger partial charge in [-0.25, -0.2) is 13.5 Å². The van der Waals surface area contributed by atoms with Crippen molar-refractivity contribution in [1.82, 2.24) is 15.1 Å². The molecule has 0 unspecified atom stereocenters. The molecule has 4 rings (SSSR count). The minimum atomic E-state index is -3.66. The van der Waals surface area contributed by atoms with E-state index in [0.717, 1.165) is 0 Å². The molecule has 0 saturated carbocycles. The average Bonchev–Trinajstić information content (AvgIpc) is 3.24. The molecule has 0 aliphatic carbocycles. The van der Waals surface area contributed by atoms with Crippen molar-refractivity contribution >= 4 is 16.8 Å². The average molecular weight is 485 g/mol. The van der Waals surface area contributed by atoms with E-state index in [1.54, 1.807) is 54.2 Å². The quantitative estimate of drug-likeness (QED) is 0.367. The summed E-state index contributed by atoms with van der Waals surface area (Å²) in [6.45, 7) is 1.54. The fourth-order valence-electron chi connectivity index (χ4n) is 4.14. The minimum absolute atomic E-state index is 0.379. The second-order valence-electron chi connectivity index (χ2n) is 8.48. The molecule has 0 radical (unpaired) electrons. The zero-order valence-corrected chi connectivity index (χ0v) is 19.0. The summed E-state index contributed by atoms with van der Waals surface area (Å²) in [5.41, 5.74) is 2.99. The molecule has 0 saturated heterocycles. The molecule has 2 N–H and O–H groups in total. The maximum Gasteiger partial charge on any atom is 0.321 e. The number of benzene rings is 3. The van der Waals surface area contributed by atoms with Crippen molar-refractivity contribution in [1.29, 1.82) is 0 Å². The summed E-state index contributed by atoms with van der Waals surface area (Å²) >= 11 is 0. The van der Waals surface area contributed by atoms with Crippen molar-refractivity contribution in [3.05, 3.63) is 95.2 Å². The molecule has 0 aliphatic rings. The number of aromatic nitrogens is 2. The van der Waals surface area contributed by atoms with Crippen LogP contribution in [-0.4, -0.2) is 39.4 Å². The van der Waals surface area contributed by atoms with Crippen LogP contribution in [0.1, 0.15) is 29.5 Å². The van der Waals surface area contributed by atoms with E-state index in [1.807, 2.05) is 0 Å². The van der Waals surface area contributed by atoms with Crippen molar-refractivity contribution in [3.63, 3.8) is 0 Å². The van der Waals surface area contributed by atoms with Gasteiger partial charge in [-0.2, -0.15) is 13.9 Å². The fourth-order valence-corrected chi connectivity index (χ4v) is 4.14. The van der Waals surface area contributed by atoms with E-state index in [2.05, 4.69) is 10.4 Å². The number of amides is 1. The van der Waals surface area contributed by atoms with Gasteiger partial charge in [0.15, 0.2) is 0 Å². The summed E-state index contributed by atoms with van der Waals surface area (Å²) in [7, 11) is 0. The van der Waals surface area contributed by atoms with Crippen LogP contribution in [0, 0.1) is 18.6 Å². The van der Waals surface area contributed by atoms with Gasteiger partial charge < -0.3 is 10.4 Å². The summed E-state index contributed by atoms with van der Waals surface area (Å²) in [6, 6.07) is 13.9. The van der Waals surface area contributed by atoms with Gasteiger partial charge in [0, 0.05) is 18.2 Å². The number of halogens is 4. The van der Waals surface area contributed by atoms with Crippen LogP contribution in [0.25, 0.3) is 16.6 Å². The number of rotatable bonds is 7. The van der Waals surface area contributed by atoms with Crippen LogP contribution >= 0.6 is 0 Å². The van der Waals surface area contributed by atoms with Crippen LogP contribution in [0.3, 0.4) is 0 Å². The van der Waals surface area contributed by atoms with E-state index in [9.17, 15) is 27.5 Å². The Morgan fingerprint density at radius 1 is 1.06 bits per heavy atom. The summed E-state index contributed by atoms with van der Waals surface area (Å²) in [6.07, 6.45) is 1.59. The summed E-state index contributed by atoms with van der Waals surface area (Å²) in [5, 5.41) is 17.3. The third kappa shape index (κ3) is 5.05. The molecule has 35 heavy (non-hydrogen) atoms. The van der Waals surface area contributed by atoms with Crippen LogP contribution in [0.2, 0.25) is 0 Å². The molecular formula is C26H23F4N3O2. The third-order valence-electron chi connectivity index (χ3n) is 5.91. The molecule has 9 heteroatoms. The zero-order chi connectivity index (χ0) is 25.3. The van der Waals surface area contributed by atoms with Crippen LogP contribution in [0.15, 0.2) is 66.9 Å². The van der Waals surface area contributed by atoms with Crippen molar-refractivity contribution < 1.29 is 27.5 Å². The molecule has 4 aromatic rings. The standard InChI is InChI=1S/C26H23F4N3O2/c1-15-3-5-19(28)12-21(15)24(22(14-34)32-25(35)26(2,29)30)16-4-10-23-17(11-16)13-31-33(23)20-8-6-18(27)7-9-20/h3-13,22,24,34H,14H2,1-2H3,(H,32,35)/t22-,24-/m1/s1. The number of fused-ring (bicyclic) bond motifs is 1. The number of hydrogen-bond donors (Lipinski definition) is 2. The molecule has 1 aromatic heterocycles. The molecule has 0 fully saturated rings. The van der Waals surface area contributed by atoms with Gasteiger partial charge in [-0.3, -0.25) is 4.79 Å². The molecule has 1 heterocycles. The Kier molecular flexibility index (Phi) is 6.62. The Balaban J connectivity index is 1.82. The second-order valence-corrected chi connectivity index (χ2v) is 8.48. The highest BCUT2D eigenvalue weighted by molar-refractivity contribution is 5.84. The van der Waals surface area contributed by atoms with E-state index < -0.39 is 36.2 Å². The smallest absolute Gasteiger partial charge is 0.321 e. The molecule has 182 valence electrons. The van der Waals surface area contributed by atoms with Gasteiger partial charge in [0.25, 0.3) is 5.91 Å². The molecule has 0 spiro atoms. The summed E-state index contributed by atoms with van der Waals surface area (Å²) < 4.78 is 56.4. The van der Waals surface area contributed by atoms with E-state index in [0.29, 0.717) is 40.2 Å². The van der Waals surface area contributed by atoms with Crippen LogP contribution in [0.4, 0.5) is 17.6 Å². The van der Waals surface area contributed by atoms with Crippen molar-refractivity contribution in [3.8, 4) is 5.69 Å². The Morgan fingerprint density at radius 2 is 1.74 bits per heavy atom. The van der Waals surface area contributed by atoms with Crippen LogP contribution < -0.4 is 5.32 Å². The lowest BCUT2D eigenvalue weighted by molar-refractivity contribution is -0.144. The number of aliphatic hydroxyl groups is 1. The van der Waals surface area contributed by atoms with Crippen molar-refractivity contribution in [2.75, 3.05) is 6.61 Å². The first kappa shape index (κ1) is 24.4. The van der Waals surface area contributed by atoms with Gasteiger partial charge in [0.05, 0.1) is 30.0 Å². The highest BCUT2D eigenvalue weighted by Gasteiger charge is 2.36. The summed E-state index contributed by atoms with van der Waals surface area (Å²) in [4.78, 5) is 12.1. The van der Waals surface area contributed by atoms with E-state index in [-0.39, 0.29) is 5.82 Å². The van der Waals surface area contributed by atoms with Gasteiger partial charge in [-0.1, -0.05) is 12.1 Å². The predicted molar refractivity (Wildman–Crippen MR) is 124 cm³/mol. The molecule has 3 aromatic carbocycles. The van der Waals surface area contributed by atoms with Gasteiger partial charge in [0.2, 0.25) is 0 Å². The minimum Gasteiger partial charge on any atom is -0.394 e. The van der Waals surface area contributed by atoms with Crippen LogP contribution in [0.5, 0.6) is 0 Å². The molecule has 5 nitrogen and oxygen atoms in total. The fraction of sp³-hybridized carbons (Fsp3) is 0.231. The maximum atomic E-state index is 14.2. The second kappa shape index (κ2) is 9.50. The lowest BCUT2D eigenvalue weighted by Crippen LogP contribution is -2.48. The van der Waals surface area contributed by atoms with Gasteiger partial charge in [-0.05, 0) is 72.1 Å². The molecule has 1 amide bonds. The Hall–Kier alpha value is -3.72. The van der Waals surface area contributed by atoms with Gasteiger partial charge in [0.1, 0.15) is 11.6 Å². The monoisotopic (exact) mass is 485 g/mol. The third-order valence-corrected chi connectivity index (χ3v) is 5.91.